The third kappa shape index (κ3) is 3.45. The summed E-state index contributed by atoms with van der Waals surface area (Å²) in [4.78, 5) is 1.16. The van der Waals surface area contributed by atoms with Gasteiger partial charge in [0.2, 0.25) is 0 Å². The van der Waals surface area contributed by atoms with Gasteiger partial charge in [-0.05, 0) is 36.8 Å². The van der Waals surface area contributed by atoms with Gasteiger partial charge in [-0.2, -0.15) is 0 Å². The summed E-state index contributed by atoms with van der Waals surface area (Å²) >= 11 is 13.4. The fourth-order valence-corrected chi connectivity index (χ4v) is 3.03. The zero-order chi connectivity index (χ0) is 13.1. The van der Waals surface area contributed by atoms with E-state index in [1.54, 1.807) is 17.4 Å². The Bertz CT molecular complexity index is 542. The second-order valence-corrected chi connectivity index (χ2v) is 6.18. The SMILES string of the molecule is CC(NCc1ccc(Cl)s1)c1ccc(F)cc1Cl. The number of thiophene rings is 1. The van der Waals surface area contributed by atoms with Gasteiger partial charge in [-0.15, -0.1) is 11.3 Å². The van der Waals surface area contributed by atoms with E-state index in [1.165, 1.54) is 12.1 Å². The maximum absolute atomic E-state index is 12.9. The Morgan fingerprint density at radius 2 is 2.06 bits per heavy atom. The monoisotopic (exact) mass is 303 g/mol. The molecule has 0 radical (unpaired) electrons. The van der Waals surface area contributed by atoms with Gasteiger partial charge in [0.05, 0.1) is 4.34 Å². The smallest absolute Gasteiger partial charge is 0.124 e. The average molecular weight is 304 g/mol. The van der Waals surface area contributed by atoms with Gasteiger partial charge in [0, 0.05) is 22.5 Å². The van der Waals surface area contributed by atoms with Crippen LogP contribution in [-0.4, -0.2) is 0 Å². The molecule has 5 heteroatoms. The van der Waals surface area contributed by atoms with E-state index < -0.39 is 0 Å². The minimum atomic E-state index is -0.319. The van der Waals surface area contributed by atoms with Crippen molar-refractivity contribution in [3.05, 3.63) is 55.9 Å². The molecule has 0 fully saturated rings. The first-order chi connectivity index (χ1) is 8.56. The van der Waals surface area contributed by atoms with Gasteiger partial charge in [-0.1, -0.05) is 29.3 Å². The standard InChI is InChI=1S/C13H12Cl2FNS/c1-8(11-4-2-9(16)6-12(11)14)17-7-10-3-5-13(15)18-10/h2-6,8,17H,7H2,1H3. The van der Waals surface area contributed by atoms with Gasteiger partial charge in [-0.3, -0.25) is 0 Å². The Labute approximate surface area is 120 Å². The predicted molar refractivity (Wildman–Crippen MR) is 76.0 cm³/mol. The lowest BCUT2D eigenvalue weighted by Gasteiger charge is -2.15. The van der Waals surface area contributed by atoms with Crippen LogP contribution in [0.3, 0.4) is 0 Å². The molecular formula is C13H12Cl2FNS. The normalized spacial score (nSPS) is 12.7. The summed E-state index contributed by atoms with van der Waals surface area (Å²) in [7, 11) is 0. The van der Waals surface area contributed by atoms with Crippen LogP contribution in [0.2, 0.25) is 9.36 Å². The van der Waals surface area contributed by atoms with Gasteiger partial charge in [0.1, 0.15) is 5.82 Å². The van der Waals surface area contributed by atoms with Crippen molar-refractivity contribution in [3.8, 4) is 0 Å². The maximum atomic E-state index is 12.9. The Hall–Kier alpha value is -0.610. The lowest BCUT2D eigenvalue weighted by atomic mass is 10.1. The molecule has 1 nitrogen and oxygen atoms in total. The Morgan fingerprint density at radius 3 is 2.67 bits per heavy atom. The molecule has 1 unspecified atom stereocenters. The lowest BCUT2D eigenvalue weighted by Crippen LogP contribution is -2.17. The number of rotatable bonds is 4. The highest BCUT2D eigenvalue weighted by Gasteiger charge is 2.10. The van der Waals surface area contributed by atoms with Crippen LogP contribution in [-0.2, 0) is 6.54 Å². The molecule has 0 aliphatic rings. The summed E-state index contributed by atoms with van der Waals surface area (Å²) < 4.78 is 13.7. The summed E-state index contributed by atoms with van der Waals surface area (Å²) in [5.41, 5.74) is 0.890. The van der Waals surface area contributed by atoms with Crippen molar-refractivity contribution in [3.63, 3.8) is 0 Å². The molecule has 0 spiro atoms. The molecule has 0 amide bonds. The number of benzene rings is 1. The second-order valence-electron chi connectivity index (χ2n) is 3.97. The fourth-order valence-electron chi connectivity index (χ4n) is 1.66. The first kappa shape index (κ1) is 13.8. The number of hydrogen-bond acceptors (Lipinski definition) is 2. The average Bonchev–Trinajstić information content (AvgIpc) is 2.72. The Kier molecular flexibility index (Phi) is 4.62. The molecule has 0 bridgehead atoms. The molecule has 1 N–H and O–H groups in total. The fraction of sp³-hybridized carbons (Fsp3) is 0.231. The van der Waals surface area contributed by atoms with E-state index in [1.807, 2.05) is 19.1 Å². The third-order valence-corrected chi connectivity index (χ3v) is 4.20. The van der Waals surface area contributed by atoms with Crippen LogP contribution in [0.4, 0.5) is 4.39 Å². The number of halogens is 3. The highest BCUT2D eigenvalue weighted by molar-refractivity contribution is 7.16. The van der Waals surface area contributed by atoms with Crippen molar-refractivity contribution in [1.29, 1.82) is 0 Å². The largest absolute Gasteiger partial charge is 0.305 e. The molecule has 2 aromatic rings. The van der Waals surface area contributed by atoms with E-state index in [9.17, 15) is 4.39 Å². The molecule has 0 saturated carbocycles. The summed E-state index contributed by atoms with van der Waals surface area (Å²) in [5, 5.41) is 3.78. The van der Waals surface area contributed by atoms with Crippen LogP contribution in [0, 0.1) is 5.82 Å². The first-order valence-electron chi connectivity index (χ1n) is 5.49. The van der Waals surface area contributed by atoms with Crippen molar-refractivity contribution in [1.82, 2.24) is 5.32 Å². The van der Waals surface area contributed by atoms with E-state index in [4.69, 9.17) is 23.2 Å². The quantitative estimate of drug-likeness (QED) is 0.834. The summed E-state index contributed by atoms with van der Waals surface area (Å²) in [6.45, 7) is 2.71. The van der Waals surface area contributed by atoms with E-state index in [-0.39, 0.29) is 11.9 Å². The predicted octanol–water partition coefficient (Wildman–Crippen LogP) is 5.04. The molecule has 18 heavy (non-hydrogen) atoms. The summed E-state index contributed by atoms with van der Waals surface area (Å²) in [5.74, 6) is -0.319. The molecular weight excluding hydrogens is 292 g/mol. The van der Waals surface area contributed by atoms with Crippen molar-refractivity contribution < 1.29 is 4.39 Å². The van der Waals surface area contributed by atoms with Gasteiger partial charge >= 0.3 is 0 Å². The van der Waals surface area contributed by atoms with Crippen molar-refractivity contribution in [2.24, 2.45) is 0 Å². The molecule has 1 atom stereocenters. The first-order valence-corrected chi connectivity index (χ1v) is 7.06. The molecule has 0 aliphatic carbocycles. The summed E-state index contributed by atoms with van der Waals surface area (Å²) in [6, 6.07) is 8.37. The van der Waals surface area contributed by atoms with Crippen LogP contribution in [0.1, 0.15) is 23.4 Å². The van der Waals surface area contributed by atoms with E-state index in [0.717, 1.165) is 14.8 Å². The van der Waals surface area contributed by atoms with Crippen molar-refractivity contribution >= 4 is 34.5 Å². The van der Waals surface area contributed by atoms with Gasteiger partial charge < -0.3 is 5.32 Å². The molecule has 0 saturated heterocycles. The second kappa shape index (κ2) is 6.02. The van der Waals surface area contributed by atoms with Crippen molar-refractivity contribution in [2.75, 3.05) is 0 Å². The Balaban J connectivity index is 2.01. The third-order valence-electron chi connectivity index (χ3n) is 2.64. The maximum Gasteiger partial charge on any atom is 0.124 e. The van der Waals surface area contributed by atoms with E-state index in [0.29, 0.717) is 11.6 Å². The van der Waals surface area contributed by atoms with Gasteiger partial charge in [-0.25, -0.2) is 4.39 Å². The molecule has 1 aromatic heterocycles. The Morgan fingerprint density at radius 1 is 1.28 bits per heavy atom. The van der Waals surface area contributed by atoms with Crippen molar-refractivity contribution in [2.45, 2.75) is 19.5 Å². The minimum Gasteiger partial charge on any atom is -0.305 e. The zero-order valence-electron chi connectivity index (χ0n) is 9.71. The molecule has 1 aromatic carbocycles. The number of nitrogens with one attached hydrogen (secondary N) is 1. The molecule has 0 aliphatic heterocycles. The lowest BCUT2D eigenvalue weighted by molar-refractivity contribution is 0.575. The van der Waals surface area contributed by atoms with E-state index >= 15 is 0 Å². The van der Waals surface area contributed by atoms with Crippen LogP contribution in [0.5, 0.6) is 0 Å². The highest BCUT2D eigenvalue weighted by Crippen LogP contribution is 2.25. The number of hydrogen-bond donors (Lipinski definition) is 1. The molecule has 2 rings (SSSR count). The molecule has 1 heterocycles. The zero-order valence-corrected chi connectivity index (χ0v) is 12.0. The van der Waals surface area contributed by atoms with Crippen LogP contribution in [0.15, 0.2) is 30.3 Å². The molecule has 96 valence electrons. The van der Waals surface area contributed by atoms with Gasteiger partial charge in [0.15, 0.2) is 0 Å². The van der Waals surface area contributed by atoms with Gasteiger partial charge in [0.25, 0.3) is 0 Å². The van der Waals surface area contributed by atoms with Crippen LogP contribution in [0.25, 0.3) is 0 Å². The minimum absolute atomic E-state index is 0.0546. The van der Waals surface area contributed by atoms with Crippen LogP contribution >= 0.6 is 34.5 Å². The van der Waals surface area contributed by atoms with E-state index in [2.05, 4.69) is 5.32 Å². The topological polar surface area (TPSA) is 12.0 Å². The highest BCUT2D eigenvalue weighted by atomic mass is 35.5. The van der Waals surface area contributed by atoms with Crippen LogP contribution < -0.4 is 5.32 Å². The summed E-state index contributed by atoms with van der Waals surface area (Å²) in [6.07, 6.45) is 0.